The van der Waals surface area contributed by atoms with Gasteiger partial charge in [0.1, 0.15) is 5.02 Å². The summed E-state index contributed by atoms with van der Waals surface area (Å²) in [6.45, 7) is 1.89. The number of hydrazone groups is 1. The Balaban J connectivity index is 2.31. The first-order valence-electron chi connectivity index (χ1n) is 7.73. The molecule has 144 valence electrons. The number of ether oxygens (including phenoxy) is 2. The van der Waals surface area contributed by atoms with Crippen LogP contribution < -0.4 is 20.6 Å². The fourth-order valence-corrected chi connectivity index (χ4v) is 2.81. The number of pyridine rings is 1. The van der Waals surface area contributed by atoms with Crippen molar-refractivity contribution in [1.82, 2.24) is 10.4 Å². The van der Waals surface area contributed by atoms with E-state index >= 15 is 0 Å². The van der Waals surface area contributed by atoms with E-state index in [1.165, 1.54) is 7.11 Å². The van der Waals surface area contributed by atoms with Gasteiger partial charge in [-0.3, -0.25) is 4.79 Å². The molecular formula is C17H17Cl3N4O3. The van der Waals surface area contributed by atoms with Gasteiger partial charge >= 0.3 is 0 Å². The molecule has 0 saturated heterocycles. The van der Waals surface area contributed by atoms with Gasteiger partial charge < -0.3 is 15.2 Å². The fourth-order valence-electron chi connectivity index (χ4n) is 2.22. The molecule has 27 heavy (non-hydrogen) atoms. The third-order valence-corrected chi connectivity index (χ3v) is 4.77. The molecule has 0 saturated carbocycles. The molecule has 3 N–H and O–H groups in total. The zero-order valence-electron chi connectivity index (χ0n) is 14.8. The number of anilines is 1. The molecule has 2 rings (SSSR count). The number of nitrogens with one attached hydrogen (secondary N) is 1. The number of hydrogen-bond donors (Lipinski definition) is 2. The highest BCUT2D eigenvalue weighted by molar-refractivity contribution is 6.46. The predicted molar refractivity (Wildman–Crippen MR) is 108 cm³/mol. The maximum Gasteiger partial charge on any atom is 0.291 e. The van der Waals surface area contributed by atoms with E-state index in [1.807, 2.05) is 6.92 Å². The molecule has 2 aromatic rings. The number of aromatic nitrogens is 1. The van der Waals surface area contributed by atoms with Gasteiger partial charge in [0.25, 0.3) is 5.91 Å². The maximum absolute atomic E-state index is 12.4. The van der Waals surface area contributed by atoms with Crippen molar-refractivity contribution in [3.8, 4) is 11.5 Å². The number of amides is 1. The number of nitrogens with two attached hydrogens (primary N) is 1. The third kappa shape index (κ3) is 4.55. The van der Waals surface area contributed by atoms with E-state index in [0.29, 0.717) is 23.6 Å². The van der Waals surface area contributed by atoms with Crippen LogP contribution in [0.15, 0.2) is 23.3 Å². The van der Waals surface area contributed by atoms with Crippen LogP contribution in [-0.2, 0) is 0 Å². The monoisotopic (exact) mass is 430 g/mol. The van der Waals surface area contributed by atoms with Crippen LogP contribution >= 0.6 is 34.8 Å². The highest BCUT2D eigenvalue weighted by atomic mass is 35.5. The first kappa shape index (κ1) is 21.1. The van der Waals surface area contributed by atoms with E-state index in [2.05, 4.69) is 15.5 Å². The van der Waals surface area contributed by atoms with Crippen molar-refractivity contribution in [3.05, 3.63) is 44.7 Å². The molecule has 10 heteroatoms. The molecule has 1 heterocycles. The molecule has 0 spiro atoms. The molecule has 1 amide bonds. The molecule has 0 unspecified atom stereocenters. The molecule has 0 radical (unpaired) electrons. The number of nitrogens with zero attached hydrogens (tertiary/aromatic N) is 2. The van der Waals surface area contributed by atoms with Gasteiger partial charge in [-0.05, 0) is 24.6 Å². The lowest BCUT2D eigenvalue weighted by molar-refractivity contribution is 0.0950. The van der Waals surface area contributed by atoms with Crippen molar-refractivity contribution in [1.29, 1.82) is 0 Å². The summed E-state index contributed by atoms with van der Waals surface area (Å²) in [7, 11) is 3.08. The van der Waals surface area contributed by atoms with Gasteiger partial charge in [-0.1, -0.05) is 41.7 Å². The molecule has 0 bridgehead atoms. The second-order valence-electron chi connectivity index (χ2n) is 5.22. The van der Waals surface area contributed by atoms with Crippen LogP contribution in [0.3, 0.4) is 0 Å². The Hall–Kier alpha value is -2.22. The lowest BCUT2D eigenvalue weighted by Gasteiger charge is -2.11. The van der Waals surface area contributed by atoms with Gasteiger partial charge in [-0.2, -0.15) is 5.10 Å². The van der Waals surface area contributed by atoms with Gasteiger partial charge in [0.15, 0.2) is 22.3 Å². The van der Waals surface area contributed by atoms with Crippen molar-refractivity contribution in [2.75, 3.05) is 20.0 Å². The van der Waals surface area contributed by atoms with Crippen LogP contribution in [0.2, 0.25) is 15.2 Å². The van der Waals surface area contributed by atoms with Crippen molar-refractivity contribution < 1.29 is 14.3 Å². The minimum Gasteiger partial charge on any atom is -0.493 e. The Morgan fingerprint density at radius 3 is 2.44 bits per heavy atom. The minimum absolute atomic E-state index is 0.0127. The molecule has 0 fully saturated rings. The van der Waals surface area contributed by atoms with E-state index in [1.54, 1.807) is 25.3 Å². The van der Waals surface area contributed by atoms with Crippen LogP contribution in [0.1, 0.15) is 29.4 Å². The Bertz CT molecular complexity index is 903. The lowest BCUT2D eigenvalue weighted by Crippen LogP contribution is -2.22. The second-order valence-corrected chi connectivity index (χ2v) is 6.33. The van der Waals surface area contributed by atoms with Crippen LogP contribution in [0, 0.1) is 0 Å². The highest BCUT2D eigenvalue weighted by Gasteiger charge is 2.20. The van der Waals surface area contributed by atoms with Gasteiger partial charge in [-0.25, -0.2) is 10.4 Å². The van der Waals surface area contributed by atoms with E-state index in [0.717, 1.165) is 5.56 Å². The summed E-state index contributed by atoms with van der Waals surface area (Å²) in [5, 5.41) is 3.92. The van der Waals surface area contributed by atoms with Crippen molar-refractivity contribution in [2.24, 2.45) is 5.10 Å². The van der Waals surface area contributed by atoms with Crippen LogP contribution in [0.25, 0.3) is 0 Å². The summed E-state index contributed by atoms with van der Waals surface area (Å²) in [5.41, 5.74) is 9.29. The molecule has 7 nitrogen and oxygen atoms in total. The van der Waals surface area contributed by atoms with E-state index < -0.39 is 5.91 Å². The number of benzene rings is 1. The van der Waals surface area contributed by atoms with E-state index in [-0.39, 0.29) is 26.6 Å². The summed E-state index contributed by atoms with van der Waals surface area (Å²) in [6, 6.07) is 5.31. The maximum atomic E-state index is 12.4. The molecule has 0 atom stereocenters. The number of nitrogen functional groups attached to an aromatic ring is 1. The van der Waals surface area contributed by atoms with Crippen molar-refractivity contribution in [2.45, 2.75) is 13.3 Å². The zero-order valence-corrected chi connectivity index (χ0v) is 17.0. The smallest absolute Gasteiger partial charge is 0.291 e. The highest BCUT2D eigenvalue weighted by Crippen LogP contribution is 2.34. The lowest BCUT2D eigenvalue weighted by atomic mass is 10.1. The fraction of sp³-hybridized carbons (Fsp3) is 0.235. The number of halogens is 3. The molecule has 0 aliphatic carbocycles. The normalized spacial score (nSPS) is 11.3. The topological polar surface area (TPSA) is 98.8 Å². The van der Waals surface area contributed by atoms with E-state index in [4.69, 9.17) is 50.0 Å². The number of hydrogen-bond acceptors (Lipinski definition) is 6. The third-order valence-electron chi connectivity index (χ3n) is 3.63. The van der Waals surface area contributed by atoms with Gasteiger partial charge in [0.05, 0.1) is 30.6 Å². The number of carbonyl (C=O) groups is 1. The first-order chi connectivity index (χ1) is 12.8. The molecule has 0 aliphatic rings. The summed E-state index contributed by atoms with van der Waals surface area (Å²) in [5.74, 6) is 0.462. The largest absolute Gasteiger partial charge is 0.493 e. The van der Waals surface area contributed by atoms with Crippen LogP contribution in [0.5, 0.6) is 11.5 Å². The molecular weight excluding hydrogens is 415 g/mol. The zero-order chi connectivity index (χ0) is 20.1. The summed E-state index contributed by atoms with van der Waals surface area (Å²) in [6.07, 6.45) is 0.542. The van der Waals surface area contributed by atoms with Gasteiger partial charge in [-0.15, -0.1) is 0 Å². The number of carbonyl (C=O) groups excluding carboxylic acids is 1. The molecule has 1 aromatic heterocycles. The number of methoxy groups -OCH3 is 2. The standard InChI is InChI=1S/C17H17Cl3N4O3/c1-4-9(8-5-6-10(26-2)11(7-8)27-3)23-24-17(25)15-12(18)14(21)13(19)16(20)22-15/h5-7H,4H2,1-3H3,(H2,21,22)(H,24,25)/b23-9+. The molecule has 1 aromatic carbocycles. The van der Waals surface area contributed by atoms with Crippen LogP contribution in [0.4, 0.5) is 5.69 Å². The van der Waals surface area contributed by atoms with Crippen molar-refractivity contribution in [3.63, 3.8) is 0 Å². The summed E-state index contributed by atoms with van der Waals surface area (Å²) in [4.78, 5) is 16.3. The Kier molecular flexibility index (Phi) is 7.12. The van der Waals surface area contributed by atoms with Crippen molar-refractivity contribution >= 4 is 52.1 Å². The summed E-state index contributed by atoms with van der Waals surface area (Å²) >= 11 is 17.8. The van der Waals surface area contributed by atoms with Gasteiger partial charge in [0, 0.05) is 5.56 Å². The Labute approximate surface area is 171 Å². The van der Waals surface area contributed by atoms with Crippen LogP contribution in [-0.4, -0.2) is 30.8 Å². The second kappa shape index (κ2) is 9.12. The Morgan fingerprint density at radius 1 is 1.19 bits per heavy atom. The molecule has 0 aliphatic heterocycles. The summed E-state index contributed by atoms with van der Waals surface area (Å²) < 4.78 is 10.5. The number of rotatable bonds is 6. The van der Waals surface area contributed by atoms with Gasteiger partial charge in [0.2, 0.25) is 0 Å². The Morgan fingerprint density at radius 2 is 1.85 bits per heavy atom. The average Bonchev–Trinajstić information content (AvgIpc) is 2.69. The minimum atomic E-state index is -0.670. The van der Waals surface area contributed by atoms with E-state index in [9.17, 15) is 4.79 Å². The quantitative estimate of drug-likeness (QED) is 0.406. The SMILES string of the molecule is CC/C(=N\NC(=O)c1nc(Cl)c(Cl)c(N)c1Cl)c1ccc(OC)c(OC)c1. The average molecular weight is 432 g/mol. The first-order valence-corrected chi connectivity index (χ1v) is 8.86. The predicted octanol–water partition coefficient (Wildman–Crippen LogP) is 4.19.